The van der Waals surface area contributed by atoms with Gasteiger partial charge in [-0.2, -0.15) is 0 Å². The van der Waals surface area contributed by atoms with E-state index >= 15 is 0 Å². The van der Waals surface area contributed by atoms with Crippen molar-refractivity contribution in [1.29, 1.82) is 0 Å². The first-order valence-corrected chi connectivity index (χ1v) is 5.56. The molecule has 0 bridgehead atoms. The molecule has 2 aromatic rings. The van der Waals surface area contributed by atoms with Gasteiger partial charge in [-0.3, -0.25) is 4.98 Å². The topological polar surface area (TPSA) is 82.0 Å². The molecule has 4 nitrogen and oxygen atoms in total. The normalized spacial score (nSPS) is 10.2. The zero-order valence-corrected chi connectivity index (χ0v) is 9.33. The zero-order chi connectivity index (χ0) is 11.5. The van der Waals surface area contributed by atoms with E-state index in [1.54, 1.807) is 12.3 Å². The summed E-state index contributed by atoms with van der Waals surface area (Å²) in [7, 11) is 0. The van der Waals surface area contributed by atoms with Crippen LogP contribution < -0.4 is 11.5 Å². The second-order valence-corrected chi connectivity index (χ2v) is 4.47. The Balaban J connectivity index is 2.42. The molecule has 5 heteroatoms. The molecule has 82 valence electrons. The molecule has 0 unspecified atom stereocenters. The molecule has 0 aliphatic heterocycles. The zero-order valence-electron chi connectivity index (χ0n) is 8.51. The number of carbonyl (C=O) groups excluding carboxylic acids is 1. The summed E-state index contributed by atoms with van der Waals surface area (Å²) < 4.78 is 0. The number of aldehydes is 1. The quantitative estimate of drug-likeness (QED) is 0.791. The van der Waals surface area contributed by atoms with Crippen molar-refractivity contribution in [3.8, 4) is 10.6 Å². The van der Waals surface area contributed by atoms with Gasteiger partial charge in [-0.1, -0.05) is 0 Å². The molecule has 0 saturated heterocycles. The second kappa shape index (κ2) is 4.32. The molecule has 4 N–H and O–H groups in total. The molecule has 2 aromatic heterocycles. The molecule has 0 amide bonds. The molecule has 0 atom stereocenters. The molecule has 0 radical (unpaired) electrons. The fraction of sp³-hybridized carbons (Fsp3) is 0.0909. The largest absolute Gasteiger partial charge is 0.397 e. The van der Waals surface area contributed by atoms with Crippen molar-refractivity contribution >= 4 is 29.0 Å². The predicted molar refractivity (Wildman–Crippen MR) is 66.1 cm³/mol. The minimum Gasteiger partial charge on any atom is -0.397 e. The number of nitrogen functional groups attached to an aromatic ring is 2. The van der Waals surface area contributed by atoms with Crippen molar-refractivity contribution in [3.63, 3.8) is 0 Å². The van der Waals surface area contributed by atoms with Gasteiger partial charge in [0, 0.05) is 17.5 Å². The van der Waals surface area contributed by atoms with Crippen LogP contribution in [0.4, 0.5) is 11.4 Å². The van der Waals surface area contributed by atoms with E-state index in [4.69, 9.17) is 11.5 Å². The van der Waals surface area contributed by atoms with Crippen LogP contribution in [0.3, 0.4) is 0 Å². The van der Waals surface area contributed by atoms with Crippen molar-refractivity contribution in [2.75, 3.05) is 11.5 Å². The highest BCUT2D eigenvalue weighted by molar-refractivity contribution is 7.15. The number of hydrogen-bond acceptors (Lipinski definition) is 5. The van der Waals surface area contributed by atoms with Crippen LogP contribution in [-0.2, 0) is 11.2 Å². The summed E-state index contributed by atoms with van der Waals surface area (Å²) in [6, 6.07) is 5.47. The lowest BCUT2D eigenvalue weighted by atomic mass is 10.2. The highest BCUT2D eigenvalue weighted by Crippen LogP contribution is 2.32. The van der Waals surface area contributed by atoms with E-state index in [2.05, 4.69) is 4.98 Å². The van der Waals surface area contributed by atoms with Gasteiger partial charge in [-0.25, -0.2) is 0 Å². The standard InChI is InChI=1S/C11H11N3OS/c12-8-3-5-14-11(10(8)13)9-2-1-7(16-9)4-6-15/h1-3,5-6H,4,13H2,(H2,12,14). The first kappa shape index (κ1) is 10.6. The second-order valence-electron chi connectivity index (χ2n) is 3.30. The van der Waals surface area contributed by atoms with Crippen LogP contribution in [0.15, 0.2) is 24.4 Å². The van der Waals surface area contributed by atoms with Crippen molar-refractivity contribution in [1.82, 2.24) is 4.98 Å². The van der Waals surface area contributed by atoms with Crippen LogP contribution >= 0.6 is 11.3 Å². The number of nitrogens with two attached hydrogens (primary N) is 2. The number of rotatable bonds is 3. The van der Waals surface area contributed by atoms with Gasteiger partial charge in [-0.05, 0) is 18.2 Å². The Kier molecular flexibility index (Phi) is 2.87. The number of aromatic nitrogens is 1. The molecule has 2 rings (SSSR count). The first-order valence-electron chi connectivity index (χ1n) is 4.75. The minimum absolute atomic E-state index is 0.423. The third-order valence-electron chi connectivity index (χ3n) is 2.20. The number of carbonyl (C=O) groups is 1. The summed E-state index contributed by atoms with van der Waals surface area (Å²) in [6.45, 7) is 0. The van der Waals surface area contributed by atoms with Crippen molar-refractivity contribution < 1.29 is 4.79 Å². The van der Waals surface area contributed by atoms with Crippen LogP contribution in [0.1, 0.15) is 4.88 Å². The third-order valence-corrected chi connectivity index (χ3v) is 3.32. The minimum atomic E-state index is 0.423. The fourth-order valence-electron chi connectivity index (χ4n) is 1.38. The highest BCUT2D eigenvalue weighted by Gasteiger charge is 2.09. The van der Waals surface area contributed by atoms with E-state index in [-0.39, 0.29) is 0 Å². The van der Waals surface area contributed by atoms with Crippen molar-refractivity contribution in [2.24, 2.45) is 0 Å². The van der Waals surface area contributed by atoms with Crippen LogP contribution in [0.5, 0.6) is 0 Å². The molecule has 0 aliphatic carbocycles. The van der Waals surface area contributed by atoms with Crippen LogP contribution in [0.25, 0.3) is 10.6 Å². The summed E-state index contributed by atoms with van der Waals surface area (Å²) in [6.07, 6.45) is 2.93. The number of pyridine rings is 1. The van der Waals surface area contributed by atoms with Gasteiger partial charge < -0.3 is 16.3 Å². The molecule has 0 aromatic carbocycles. The number of anilines is 2. The smallest absolute Gasteiger partial charge is 0.125 e. The SMILES string of the molecule is Nc1ccnc(-c2ccc(CC=O)s2)c1N. The molecule has 0 saturated carbocycles. The third kappa shape index (κ3) is 1.90. The molecule has 0 aliphatic rings. The molecule has 16 heavy (non-hydrogen) atoms. The van der Waals surface area contributed by atoms with Gasteiger partial charge in [0.25, 0.3) is 0 Å². The van der Waals surface area contributed by atoms with Crippen molar-refractivity contribution in [3.05, 3.63) is 29.3 Å². The Bertz CT molecular complexity index is 522. The summed E-state index contributed by atoms with van der Waals surface area (Å²) in [5, 5.41) is 0. The highest BCUT2D eigenvalue weighted by atomic mass is 32.1. The van der Waals surface area contributed by atoms with Crippen molar-refractivity contribution in [2.45, 2.75) is 6.42 Å². The maximum atomic E-state index is 10.4. The van der Waals surface area contributed by atoms with Gasteiger partial charge in [0.2, 0.25) is 0 Å². The Hall–Kier alpha value is -1.88. The van der Waals surface area contributed by atoms with Gasteiger partial charge in [0.15, 0.2) is 0 Å². The van der Waals surface area contributed by atoms with E-state index < -0.39 is 0 Å². The Morgan fingerprint density at radius 3 is 2.88 bits per heavy atom. The number of thiophene rings is 1. The van der Waals surface area contributed by atoms with Crippen LogP contribution in [0.2, 0.25) is 0 Å². The molecule has 0 fully saturated rings. The summed E-state index contributed by atoms with van der Waals surface area (Å²) >= 11 is 1.50. The van der Waals surface area contributed by atoms with E-state index in [1.807, 2.05) is 12.1 Å². The first-order chi connectivity index (χ1) is 7.72. The predicted octanol–water partition coefficient (Wildman–Crippen LogP) is 1.72. The van der Waals surface area contributed by atoms with E-state index in [0.717, 1.165) is 16.0 Å². The lowest BCUT2D eigenvalue weighted by Gasteiger charge is -2.04. The summed E-state index contributed by atoms with van der Waals surface area (Å²) in [5.74, 6) is 0. The maximum absolute atomic E-state index is 10.4. The van der Waals surface area contributed by atoms with Crippen LogP contribution in [0, 0.1) is 0 Å². The average Bonchev–Trinajstić information content (AvgIpc) is 2.71. The molecule has 0 spiro atoms. The Morgan fingerprint density at radius 1 is 1.31 bits per heavy atom. The Morgan fingerprint density at radius 2 is 2.12 bits per heavy atom. The van der Waals surface area contributed by atoms with E-state index in [9.17, 15) is 4.79 Å². The maximum Gasteiger partial charge on any atom is 0.125 e. The summed E-state index contributed by atoms with van der Waals surface area (Å²) in [5.41, 5.74) is 13.2. The number of nitrogens with zero attached hydrogens (tertiary/aromatic N) is 1. The van der Waals surface area contributed by atoms with Gasteiger partial charge in [-0.15, -0.1) is 11.3 Å². The number of hydrogen-bond donors (Lipinski definition) is 2. The lowest BCUT2D eigenvalue weighted by Crippen LogP contribution is -1.98. The van der Waals surface area contributed by atoms with Gasteiger partial charge >= 0.3 is 0 Å². The van der Waals surface area contributed by atoms with E-state index in [1.165, 1.54) is 11.3 Å². The van der Waals surface area contributed by atoms with E-state index in [0.29, 0.717) is 23.5 Å². The fourth-order valence-corrected chi connectivity index (χ4v) is 2.35. The van der Waals surface area contributed by atoms with Gasteiger partial charge in [0.05, 0.1) is 16.3 Å². The van der Waals surface area contributed by atoms with Crippen LogP contribution in [-0.4, -0.2) is 11.3 Å². The average molecular weight is 233 g/mol. The Labute approximate surface area is 96.9 Å². The molecular formula is C11H11N3OS. The lowest BCUT2D eigenvalue weighted by molar-refractivity contribution is -0.107. The monoisotopic (exact) mass is 233 g/mol. The molecular weight excluding hydrogens is 222 g/mol. The summed E-state index contributed by atoms with van der Waals surface area (Å²) in [4.78, 5) is 16.5. The molecule has 2 heterocycles. The van der Waals surface area contributed by atoms with Gasteiger partial charge in [0.1, 0.15) is 12.0 Å².